The van der Waals surface area contributed by atoms with Crippen molar-refractivity contribution in [3.63, 3.8) is 0 Å². The molecule has 1 aliphatic rings. The Morgan fingerprint density at radius 3 is 2.28 bits per heavy atom. The van der Waals surface area contributed by atoms with Gasteiger partial charge in [-0.3, -0.25) is 9.59 Å². The standard InChI is InChI=1S/C22H24ClNO5/c1-27-22(26)13-12-21(25)24-14-2-3-17(24)15-28-18-8-10-20(11-9-18)29-19-6-4-16(23)5-7-19/h4-11,17H,2-3,12-15H2,1H3/t17-/m0/s1. The van der Waals surface area contributed by atoms with Crippen molar-refractivity contribution in [1.29, 1.82) is 0 Å². The first-order valence-electron chi connectivity index (χ1n) is 9.58. The first-order valence-corrected chi connectivity index (χ1v) is 9.95. The summed E-state index contributed by atoms with van der Waals surface area (Å²) in [6, 6.07) is 14.5. The molecule has 6 nitrogen and oxygen atoms in total. The van der Waals surface area contributed by atoms with E-state index in [0.29, 0.717) is 35.4 Å². The van der Waals surface area contributed by atoms with Crippen LogP contribution in [0, 0.1) is 0 Å². The monoisotopic (exact) mass is 417 g/mol. The average molecular weight is 418 g/mol. The third-order valence-electron chi connectivity index (χ3n) is 4.78. The smallest absolute Gasteiger partial charge is 0.306 e. The first-order chi connectivity index (χ1) is 14.0. The number of hydrogen-bond acceptors (Lipinski definition) is 5. The van der Waals surface area contributed by atoms with E-state index in [0.717, 1.165) is 12.8 Å². The lowest BCUT2D eigenvalue weighted by molar-refractivity contribution is -0.143. The molecule has 0 aromatic heterocycles. The van der Waals surface area contributed by atoms with Crippen LogP contribution < -0.4 is 9.47 Å². The summed E-state index contributed by atoms with van der Waals surface area (Å²) in [6.45, 7) is 1.11. The summed E-state index contributed by atoms with van der Waals surface area (Å²) < 4.78 is 16.2. The molecule has 0 N–H and O–H groups in total. The summed E-state index contributed by atoms with van der Waals surface area (Å²) >= 11 is 5.87. The molecule has 1 atom stereocenters. The van der Waals surface area contributed by atoms with Crippen LogP contribution >= 0.6 is 11.6 Å². The molecule has 2 aromatic carbocycles. The van der Waals surface area contributed by atoms with Gasteiger partial charge < -0.3 is 19.1 Å². The summed E-state index contributed by atoms with van der Waals surface area (Å²) in [6.07, 6.45) is 2.10. The predicted molar refractivity (Wildman–Crippen MR) is 109 cm³/mol. The maximum Gasteiger partial charge on any atom is 0.306 e. The van der Waals surface area contributed by atoms with Crippen LogP contribution in [0.3, 0.4) is 0 Å². The maximum atomic E-state index is 12.4. The quantitative estimate of drug-likeness (QED) is 0.593. The van der Waals surface area contributed by atoms with E-state index in [1.807, 2.05) is 24.3 Å². The minimum absolute atomic E-state index is 0.0186. The zero-order valence-corrected chi connectivity index (χ0v) is 17.1. The second kappa shape index (κ2) is 10.2. The minimum Gasteiger partial charge on any atom is -0.491 e. The van der Waals surface area contributed by atoms with Crippen molar-refractivity contribution in [2.75, 3.05) is 20.3 Å². The number of carbonyl (C=O) groups is 2. The van der Waals surface area contributed by atoms with E-state index in [2.05, 4.69) is 4.74 Å². The summed E-state index contributed by atoms with van der Waals surface area (Å²) in [4.78, 5) is 25.4. The zero-order valence-electron chi connectivity index (χ0n) is 16.3. The zero-order chi connectivity index (χ0) is 20.6. The predicted octanol–water partition coefficient (Wildman–Crippen LogP) is 4.46. The molecule has 1 saturated heterocycles. The van der Waals surface area contributed by atoms with E-state index in [-0.39, 0.29) is 30.8 Å². The van der Waals surface area contributed by atoms with Gasteiger partial charge in [0.15, 0.2) is 0 Å². The van der Waals surface area contributed by atoms with Gasteiger partial charge in [-0.15, -0.1) is 0 Å². The van der Waals surface area contributed by atoms with Crippen LogP contribution in [0.15, 0.2) is 48.5 Å². The number of benzene rings is 2. The number of rotatable bonds is 8. The topological polar surface area (TPSA) is 65.1 Å². The Hall–Kier alpha value is -2.73. The van der Waals surface area contributed by atoms with Gasteiger partial charge in [0.2, 0.25) is 5.91 Å². The van der Waals surface area contributed by atoms with Crippen molar-refractivity contribution in [3.05, 3.63) is 53.6 Å². The fraction of sp³-hybridized carbons (Fsp3) is 0.364. The Balaban J connectivity index is 1.49. The molecule has 1 heterocycles. The fourth-order valence-electron chi connectivity index (χ4n) is 3.23. The molecule has 1 fully saturated rings. The molecule has 0 bridgehead atoms. The van der Waals surface area contributed by atoms with Gasteiger partial charge in [0.05, 0.1) is 19.6 Å². The molecular formula is C22H24ClNO5. The highest BCUT2D eigenvalue weighted by Gasteiger charge is 2.29. The molecule has 0 spiro atoms. The van der Waals surface area contributed by atoms with Crippen molar-refractivity contribution >= 4 is 23.5 Å². The molecule has 1 aliphatic heterocycles. The number of amides is 1. The number of nitrogens with zero attached hydrogens (tertiary/aromatic N) is 1. The second-order valence-electron chi connectivity index (χ2n) is 6.80. The van der Waals surface area contributed by atoms with Gasteiger partial charge in [-0.05, 0) is 61.4 Å². The maximum absolute atomic E-state index is 12.4. The van der Waals surface area contributed by atoms with E-state index in [9.17, 15) is 9.59 Å². The van der Waals surface area contributed by atoms with Gasteiger partial charge in [0, 0.05) is 18.0 Å². The summed E-state index contributed by atoms with van der Waals surface area (Å²) in [5, 5.41) is 0.658. The number of methoxy groups -OCH3 is 1. The third-order valence-corrected chi connectivity index (χ3v) is 5.04. The van der Waals surface area contributed by atoms with Crippen LogP contribution in [-0.4, -0.2) is 43.1 Å². The molecule has 3 rings (SSSR count). The van der Waals surface area contributed by atoms with Crippen molar-refractivity contribution in [2.24, 2.45) is 0 Å². The Morgan fingerprint density at radius 2 is 1.62 bits per heavy atom. The van der Waals surface area contributed by atoms with Crippen molar-refractivity contribution in [3.8, 4) is 17.2 Å². The van der Waals surface area contributed by atoms with E-state index in [1.165, 1.54) is 7.11 Å². The Labute approximate surface area is 175 Å². The van der Waals surface area contributed by atoms with Crippen molar-refractivity contribution < 1.29 is 23.8 Å². The largest absolute Gasteiger partial charge is 0.491 e. The Morgan fingerprint density at radius 1 is 1.00 bits per heavy atom. The van der Waals surface area contributed by atoms with Crippen molar-refractivity contribution in [1.82, 2.24) is 4.90 Å². The van der Waals surface area contributed by atoms with E-state index >= 15 is 0 Å². The highest BCUT2D eigenvalue weighted by Crippen LogP contribution is 2.26. The number of ether oxygens (including phenoxy) is 3. The number of halogens is 1. The molecule has 0 radical (unpaired) electrons. The highest BCUT2D eigenvalue weighted by molar-refractivity contribution is 6.30. The summed E-state index contributed by atoms with van der Waals surface area (Å²) in [7, 11) is 1.32. The Bertz CT molecular complexity index is 822. The van der Waals surface area contributed by atoms with E-state index < -0.39 is 0 Å². The van der Waals surface area contributed by atoms with Gasteiger partial charge in [-0.25, -0.2) is 0 Å². The summed E-state index contributed by atoms with van der Waals surface area (Å²) in [5.41, 5.74) is 0. The molecule has 1 amide bonds. The summed E-state index contributed by atoms with van der Waals surface area (Å²) in [5.74, 6) is 1.71. The highest BCUT2D eigenvalue weighted by atomic mass is 35.5. The average Bonchev–Trinajstić information content (AvgIpc) is 3.21. The fourth-order valence-corrected chi connectivity index (χ4v) is 3.35. The third kappa shape index (κ3) is 6.12. The van der Waals surface area contributed by atoms with Gasteiger partial charge in [-0.2, -0.15) is 0 Å². The second-order valence-corrected chi connectivity index (χ2v) is 7.23. The normalized spacial score (nSPS) is 15.8. The minimum atomic E-state index is -0.369. The SMILES string of the molecule is COC(=O)CCC(=O)N1CCC[C@H]1COc1ccc(Oc2ccc(Cl)cc2)cc1. The van der Waals surface area contributed by atoms with Crippen LogP contribution in [-0.2, 0) is 14.3 Å². The first kappa shape index (κ1) is 21.0. The molecule has 0 aliphatic carbocycles. The van der Waals surface area contributed by atoms with Crippen LogP contribution in [0.4, 0.5) is 0 Å². The number of hydrogen-bond donors (Lipinski definition) is 0. The number of likely N-dealkylation sites (tertiary alicyclic amines) is 1. The molecular weight excluding hydrogens is 394 g/mol. The number of esters is 1. The van der Waals surface area contributed by atoms with Crippen LogP contribution in [0.5, 0.6) is 17.2 Å². The van der Waals surface area contributed by atoms with Crippen LogP contribution in [0.2, 0.25) is 5.02 Å². The van der Waals surface area contributed by atoms with Crippen LogP contribution in [0.25, 0.3) is 0 Å². The van der Waals surface area contributed by atoms with Crippen LogP contribution in [0.1, 0.15) is 25.7 Å². The lowest BCUT2D eigenvalue weighted by atomic mass is 10.2. The number of carbonyl (C=O) groups excluding carboxylic acids is 2. The lowest BCUT2D eigenvalue weighted by Crippen LogP contribution is -2.39. The van der Waals surface area contributed by atoms with Gasteiger partial charge >= 0.3 is 5.97 Å². The lowest BCUT2D eigenvalue weighted by Gasteiger charge is -2.24. The molecule has 2 aromatic rings. The van der Waals surface area contributed by atoms with Gasteiger partial charge in [0.1, 0.15) is 23.9 Å². The van der Waals surface area contributed by atoms with Crippen molar-refractivity contribution in [2.45, 2.75) is 31.7 Å². The molecule has 29 heavy (non-hydrogen) atoms. The van der Waals surface area contributed by atoms with E-state index in [4.69, 9.17) is 21.1 Å². The van der Waals surface area contributed by atoms with Gasteiger partial charge in [0.25, 0.3) is 0 Å². The molecule has 0 unspecified atom stereocenters. The molecule has 0 saturated carbocycles. The molecule has 154 valence electrons. The van der Waals surface area contributed by atoms with E-state index in [1.54, 1.807) is 29.2 Å². The molecule has 7 heteroatoms. The van der Waals surface area contributed by atoms with Gasteiger partial charge in [-0.1, -0.05) is 11.6 Å². The Kier molecular flexibility index (Phi) is 7.36.